The minimum Gasteiger partial charge on any atom is -0.394 e. The summed E-state index contributed by atoms with van der Waals surface area (Å²) in [6.45, 7) is 16.2. The van der Waals surface area contributed by atoms with Gasteiger partial charge in [0, 0.05) is 0 Å². The molecule has 2 saturated heterocycles. The summed E-state index contributed by atoms with van der Waals surface area (Å²) >= 11 is 0. The number of hydrogen-bond acceptors (Lipinski definition) is 16. The lowest BCUT2D eigenvalue weighted by Crippen LogP contribution is -2.59. The van der Waals surface area contributed by atoms with E-state index in [1.165, 1.54) is 0 Å². The molecule has 0 radical (unpaired) electrons. The van der Waals surface area contributed by atoms with Gasteiger partial charge in [-0.25, -0.2) is 0 Å². The molecule has 2 heterocycles. The Morgan fingerprint density at radius 1 is 0.429 bits per heavy atom. The van der Waals surface area contributed by atoms with Gasteiger partial charge in [0.05, 0.1) is 24.4 Å². The van der Waals surface area contributed by atoms with Crippen LogP contribution in [-0.2, 0) is 28.4 Å². The van der Waals surface area contributed by atoms with Crippen molar-refractivity contribution in [2.24, 2.45) is 0 Å². The lowest BCUT2D eigenvalue weighted by Gasteiger charge is -2.39. The van der Waals surface area contributed by atoms with Crippen LogP contribution in [0.3, 0.4) is 0 Å². The van der Waals surface area contributed by atoms with Gasteiger partial charge in [-0.1, -0.05) is 155 Å². The van der Waals surface area contributed by atoms with E-state index in [0.717, 1.165) is 33.4 Å². The maximum atomic E-state index is 10.6. The van der Waals surface area contributed by atoms with Crippen LogP contribution >= 0.6 is 0 Å². The second-order valence-electron chi connectivity index (χ2n) is 18.4. The molecule has 2 aliphatic heterocycles. The summed E-state index contributed by atoms with van der Waals surface area (Å²) in [5.41, 5.74) is 3.42. The first-order valence-corrected chi connectivity index (χ1v) is 23.2. The van der Waals surface area contributed by atoms with Crippen LogP contribution in [-0.4, -0.2) is 163 Å². The molecule has 16 heteroatoms. The molecule has 2 aliphatic rings. The standard InChI is InChI=1S/C54H80O16/c1-35(19-13-21-37(3)23-15-25-39(5)27-29-43(53(7,8)63)65-33-67-51-49(61)47(59)45(57)41(31-55)69-51)17-11-12-18-36(2)20-14-22-38(4)24-16-26-40(6)28-30-44(54(9,10)64)66-34-68-52-50(62)48(60)46(58)42(32-56)70-52/h11-30,41-52,55-64H,31-34H2,1-10H3/b12-11+,19-13+,20-14+,23-15+,24-16+,29-27+,30-28+,35-17+,36-18+,37-21+,38-22+,39-25+,40-26+/t41-,42-,43-,44-,45-,46-,47+,48+,49-,50-,51-,52-/m1/s1. The second-order valence-corrected chi connectivity index (χ2v) is 18.4. The molecule has 392 valence electrons. The molecule has 12 atom stereocenters. The molecular formula is C54H80O16. The molecule has 0 aliphatic carbocycles. The molecule has 10 N–H and O–H groups in total. The average molecular weight is 985 g/mol. The number of aliphatic hydroxyl groups is 10. The number of aliphatic hydroxyl groups excluding tert-OH is 8. The fraction of sp³-hybridized carbons (Fsp3) is 0.519. The van der Waals surface area contributed by atoms with Gasteiger partial charge in [-0.2, -0.15) is 0 Å². The fourth-order valence-electron chi connectivity index (χ4n) is 6.39. The Kier molecular flexibility index (Phi) is 27.9. The summed E-state index contributed by atoms with van der Waals surface area (Å²) in [6.07, 6.45) is 22.8. The van der Waals surface area contributed by atoms with Crippen LogP contribution in [0.4, 0.5) is 0 Å². The van der Waals surface area contributed by atoms with Crippen molar-refractivity contribution in [3.63, 3.8) is 0 Å². The molecule has 0 unspecified atom stereocenters. The predicted octanol–water partition coefficient (Wildman–Crippen LogP) is 4.42. The Bertz CT molecular complexity index is 1840. The zero-order valence-electron chi connectivity index (χ0n) is 42.2. The molecule has 0 bridgehead atoms. The van der Waals surface area contributed by atoms with Crippen LogP contribution in [0.15, 0.2) is 155 Å². The van der Waals surface area contributed by atoms with Crippen molar-refractivity contribution in [1.82, 2.24) is 0 Å². The molecule has 0 aromatic carbocycles. The van der Waals surface area contributed by atoms with Crippen molar-refractivity contribution in [2.75, 3.05) is 26.8 Å². The first-order valence-electron chi connectivity index (χ1n) is 23.2. The third-order valence-electron chi connectivity index (χ3n) is 10.8. The fourth-order valence-corrected chi connectivity index (χ4v) is 6.39. The lowest BCUT2D eigenvalue weighted by molar-refractivity contribution is -0.320. The number of hydrogen-bond donors (Lipinski definition) is 10. The summed E-state index contributed by atoms with van der Waals surface area (Å²) in [5.74, 6) is 0. The first-order chi connectivity index (χ1) is 32.9. The monoisotopic (exact) mass is 985 g/mol. The number of allylic oxidation sites excluding steroid dienone is 24. The topological polar surface area (TPSA) is 258 Å². The van der Waals surface area contributed by atoms with E-state index in [1.807, 2.05) is 139 Å². The van der Waals surface area contributed by atoms with Gasteiger partial charge in [-0.05, 0) is 69.2 Å². The smallest absolute Gasteiger partial charge is 0.189 e. The summed E-state index contributed by atoms with van der Waals surface area (Å²) in [5, 5.41) is 100. The quantitative estimate of drug-likeness (QED) is 0.0425. The van der Waals surface area contributed by atoms with E-state index in [2.05, 4.69) is 0 Å². The van der Waals surface area contributed by atoms with E-state index in [4.69, 9.17) is 28.4 Å². The molecule has 0 spiro atoms. The van der Waals surface area contributed by atoms with Crippen LogP contribution in [0.1, 0.15) is 69.2 Å². The van der Waals surface area contributed by atoms with E-state index < -0.39 is 112 Å². The Hall–Kier alpha value is -4.02. The van der Waals surface area contributed by atoms with Gasteiger partial charge >= 0.3 is 0 Å². The molecule has 16 nitrogen and oxygen atoms in total. The van der Waals surface area contributed by atoms with Gasteiger partial charge in [-0.3, -0.25) is 0 Å². The average Bonchev–Trinajstić information content (AvgIpc) is 3.28. The van der Waals surface area contributed by atoms with Crippen molar-refractivity contribution >= 4 is 0 Å². The van der Waals surface area contributed by atoms with E-state index in [-0.39, 0.29) is 0 Å². The number of rotatable bonds is 26. The van der Waals surface area contributed by atoms with Crippen molar-refractivity contribution < 1.29 is 79.5 Å². The minimum absolute atomic E-state index is 0.403. The SMILES string of the molecule is CC(/C=C/C=C(C)/C=C/C=C(C)/C=C/[C@@H](OCO[C@@H]1O[C@H](CO)[C@@H](O)[C@H](O)[C@H]1O)C(C)(C)O)=C\C=C\C=C(C)\C=C\C=C(C)\C=C\C=C(C)\C=C\[C@@H](OCO[C@@H]1O[C@H](CO)[C@@H](O)[C@H](O)[C@H]1O)C(C)(C)O. The first kappa shape index (κ1) is 62.1. The highest BCUT2D eigenvalue weighted by Gasteiger charge is 2.45. The summed E-state index contributed by atoms with van der Waals surface area (Å²) in [4.78, 5) is 0. The summed E-state index contributed by atoms with van der Waals surface area (Å²) in [7, 11) is 0. The third kappa shape index (κ3) is 23.0. The molecule has 2 fully saturated rings. The summed E-state index contributed by atoms with van der Waals surface area (Å²) in [6, 6.07) is 0. The highest BCUT2D eigenvalue weighted by atomic mass is 16.8. The molecule has 0 saturated carbocycles. The molecule has 0 amide bonds. The van der Waals surface area contributed by atoms with Crippen molar-refractivity contribution in [3.05, 3.63) is 155 Å². The maximum absolute atomic E-state index is 10.6. The number of ether oxygens (including phenoxy) is 6. The second kappa shape index (κ2) is 31.4. The van der Waals surface area contributed by atoms with Gasteiger partial charge in [0.15, 0.2) is 26.2 Å². The van der Waals surface area contributed by atoms with Crippen LogP contribution in [0.5, 0.6) is 0 Å². The van der Waals surface area contributed by atoms with Gasteiger partial charge in [-0.15, -0.1) is 0 Å². The van der Waals surface area contributed by atoms with Crippen molar-refractivity contribution in [1.29, 1.82) is 0 Å². The highest BCUT2D eigenvalue weighted by Crippen LogP contribution is 2.25. The van der Waals surface area contributed by atoms with Crippen LogP contribution < -0.4 is 0 Å². The van der Waals surface area contributed by atoms with Crippen LogP contribution in [0.2, 0.25) is 0 Å². The molecule has 0 aromatic rings. The van der Waals surface area contributed by atoms with E-state index >= 15 is 0 Å². The Labute approximate surface area is 414 Å². The Morgan fingerprint density at radius 3 is 0.971 bits per heavy atom. The van der Waals surface area contributed by atoms with Crippen molar-refractivity contribution in [2.45, 2.75) is 154 Å². The lowest BCUT2D eigenvalue weighted by atomic mass is 9.99. The molecule has 0 aromatic heterocycles. The van der Waals surface area contributed by atoms with Crippen molar-refractivity contribution in [3.8, 4) is 0 Å². The largest absolute Gasteiger partial charge is 0.394 e. The zero-order chi connectivity index (χ0) is 52.6. The van der Waals surface area contributed by atoms with Gasteiger partial charge in [0.25, 0.3) is 0 Å². The Morgan fingerprint density at radius 2 is 0.700 bits per heavy atom. The van der Waals surface area contributed by atoms with Crippen LogP contribution in [0, 0.1) is 0 Å². The highest BCUT2D eigenvalue weighted by molar-refractivity contribution is 5.34. The van der Waals surface area contributed by atoms with Gasteiger partial charge < -0.3 is 79.5 Å². The normalized spacial score (nSPS) is 28.9. The maximum Gasteiger partial charge on any atom is 0.189 e. The minimum atomic E-state index is -1.57. The van der Waals surface area contributed by atoms with Gasteiger partial charge in [0.1, 0.15) is 61.0 Å². The van der Waals surface area contributed by atoms with Gasteiger partial charge in [0.2, 0.25) is 0 Å². The predicted molar refractivity (Wildman–Crippen MR) is 268 cm³/mol. The third-order valence-corrected chi connectivity index (χ3v) is 10.8. The Balaban J connectivity index is 1.84. The summed E-state index contributed by atoms with van der Waals surface area (Å²) < 4.78 is 32.9. The molecular weight excluding hydrogens is 905 g/mol. The zero-order valence-corrected chi connectivity index (χ0v) is 42.2. The van der Waals surface area contributed by atoms with E-state index in [9.17, 15) is 51.1 Å². The van der Waals surface area contributed by atoms with E-state index in [0.29, 0.717) is 0 Å². The molecule has 2 rings (SSSR count). The molecule has 70 heavy (non-hydrogen) atoms. The van der Waals surface area contributed by atoms with E-state index in [1.54, 1.807) is 52.0 Å². The van der Waals surface area contributed by atoms with Crippen LogP contribution in [0.25, 0.3) is 0 Å².